The van der Waals surface area contributed by atoms with E-state index in [9.17, 15) is 0 Å². The number of aromatic nitrogens is 2. The van der Waals surface area contributed by atoms with Gasteiger partial charge in [-0.2, -0.15) is 0 Å². The average Bonchev–Trinajstić information content (AvgIpc) is 2.92. The van der Waals surface area contributed by atoms with Crippen molar-refractivity contribution in [2.75, 3.05) is 6.61 Å². The molecule has 3 heteroatoms. The molecular formula is C32H46N2O. The first-order valence-corrected chi connectivity index (χ1v) is 14.4. The molecule has 35 heavy (non-hydrogen) atoms. The van der Waals surface area contributed by atoms with Crippen LogP contribution in [0.15, 0.2) is 48.8 Å². The zero-order chi connectivity index (χ0) is 24.4. The highest BCUT2D eigenvalue weighted by Crippen LogP contribution is 2.59. The summed E-state index contributed by atoms with van der Waals surface area (Å²) in [5.41, 5.74) is 3.69. The minimum Gasteiger partial charge on any atom is -0.486 e. The maximum Gasteiger partial charge on any atom is 0.159 e. The zero-order valence-electron chi connectivity index (χ0n) is 22.2. The first kappa shape index (κ1) is 25.9. The molecule has 1 aromatic heterocycles. The average molecular weight is 475 g/mol. The summed E-state index contributed by atoms with van der Waals surface area (Å²) in [5, 5.41) is 0. The predicted octanol–water partition coefficient (Wildman–Crippen LogP) is 9.22. The Bertz CT molecular complexity index is 891. The molecule has 0 atom stereocenters. The summed E-state index contributed by atoms with van der Waals surface area (Å²) in [5.74, 6) is 1.50. The maximum absolute atomic E-state index is 5.75. The Hall–Kier alpha value is -2.16. The summed E-state index contributed by atoms with van der Waals surface area (Å²) < 4.78 is 5.75. The van der Waals surface area contributed by atoms with Crippen LogP contribution in [0.5, 0.6) is 5.75 Å². The van der Waals surface area contributed by atoms with Crippen molar-refractivity contribution >= 4 is 0 Å². The summed E-state index contributed by atoms with van der Waals surface area (Å²) in [6.07, 6.45) is 28.4. The van der Waals surface area contributed by atoms with Crippen LogP contribution in [0.25, 0.3) is 11.4 Å². The molecule has 2 aromatic rings. The van der Waals surface area contributed by atoms with E-state index in [2.05, 4.69) is 60.2 Å². The number of hydrogen-bond acceptors (Lipinski definition) is 3. The minimum absolute atomic E-state index is 0.408. The monoisotopic (exact) mass is 474 g/mol. The van der Waals surface area contributed by atoms with Crippen LogP contribution in [-0.2, 0) is 5.41 Å². The van der Waals surface area contributed by atoms with Gasteiger partial charge in [-0.1, -0.05) is 95.2 Å². The molecule has 3 aliphatic rings. The van der Waals surface area contributed by atoms with Crippen molar-refractivity contribution in [3.05, 3.63) is 54.4 Å². The number of unbranched alkanes of at least 4 members (excludes halogenated alkanes) is 6. The van der Waals surface area contributed by atoms with Gasteiger partial charge in [-0.3, -0.25) is 0 Å². The molecule has 3 fully saturated rings. The van der Waals surface area contributed by atoms with E-state index in [1.165, 1.54) is 95.5 Å². The van der Waals surface area contributed by atoms with Crippen molar-refractivity contribution in [2.45, 2.75) is 116 Å². The van der Waals surface area contributed by atoms with Crippen molar-refractivity contribution < 1.29 is 4.74 Å². The minimum atomic E-state index is 0.408. The highest BCUT2D eigenvalue weighted by Gasteiger charge is 2.48. The molecule has 5 rings (SSSR count). The van der Waals surface area contributed by atoms with Gasteiger partial charge in [0.1, 0.15) is 6.61 Å². The van der Waals surface area contributed by atoms with Crippen molar-refractivity contribution in [1.29, 1.82) is 0 Å². The number of hydrogen-bond donors (Lipinski definition) is 0. The molecule has 2 bridgehead atoms. The zero-order valence-corrected chi connectivity index (χ0v) is 22.2. The van der Waals surface area contributed by atoms with Gasteiger partial charge in [0.15, 0.2) is 11.6 Å². The largest absolute Gasteiger partial charge is 0.486 e. The van der Waals surface area contributed by atoms with Gasteiger partial charge in [0.05, 0.1) is 12.4 Å². The van der Waals surface area contributed by atoms with Gasteiger partial charge in [0.2, 0.25) is 0 Å². The van der Waals surface area contributed by atoms with Crippen LogP contribution in [0.1, 0.15) is 116 Å². The lowest BCUT2D eigenvalue weighted by Gasteiger charge is -2.54. The highest BCUT2D eigenvalue weighted by atomic mass is 16.5. The first-order chi connectivity index (χ1) is 17.2. The second-order valence-electron chi connectivity index (χ2n) is 11.2. The summed E-state index contributed by atoms with van der Waals surface area (Å²) in [7, 11) is 0. The summed E-state index contributed by atoms with van der Waals surface area (Å²) >= 11 is 0. The van der Waals surface area contributed by atoms with Crippen LogP contribution < -0.4 is 4.74 Å². The number of benzene rings is 1. The Morgan fingerprint density at radius 1 is 0.771 bits per heavy atom. The molecule has 190 valence electrons. The van der Waals surface area contributed by atoms with Gasteiger partial charge in [-0.15, -0.1) is 0 Å². The quantitative estimate of drug-likeness (QED) is 0.202. The number of nitrogens with zero attached hydrogens (tertiary/aromatic N) is 2. The van der Waals surface area contributed by atoms with Crippen molar-refractivity contribution in [3.63, 3.8) is 0 Å². The lowest BCUT2D eigenvalue weighted by molar-refractivity contribution is 0.0304. The fourth-order valence-corrected chi connectivity index (χ4v) is 6.34. The molecule has 0 N–H and O–H groups in total. The van der Waals surface area contributed by atoms with Gasteiger partial charge in [0, 0.05) is 5.56 Å². The molecule has 0 radical (unpaired) electrons. The second-order valence-corrected chi connectivity index (χ2v) is 11.2. The van der Waals surface area contributed by atoms with Crippen molar-refractivity contribution in [2.24, 2.45) is 5.41 Å². The molecule has 0 unspecified atom stereocenters. The van der Waals surface area contributed by atoms with Gasteiger partial charge in [-0.05, 0) is 67.8 Å². The fraction of sp³-hybridized carbons (Fsp3) is 0.625. The lowest BCUT2D eigenvalue weighted by Crippen LogP contribution is -2.44. The van der Waals surface area contributed by atoms with Gasteiger partial charge < -0.3 is 4.74 Å². The Morgan fingerprint density at radius 2 is 1.43 bits per heavy atom. The standard InChI is InChI=1S/C32H46N2O/c1-3-5-7-9-11-17-31-18-21-32(22-19-31,23-20-31)28-15-13-27(14-16-28)30-33-25-29(26-34-30)35-24-12-10-8-6-4-2/h10,12-16,25-26H,3-9,11,17-24H2,1-2H3. The van der Waals surface area contributed by atoms with E-state index in [0.29, 0.717) is 17.4 Å². The molecule has 1 heterocycles. The maximum atomic E-state index is 5.75. The molecule has 3 aliphatic carbocycles. The fourth-order valence-electron chi connectivity index (χ4n) is 6.34. The molecule has 0 saturated heterocycles. The van der Waals surface area contributed by atoms with Crippen LogP contribution in [0.3, 0.4) is 0 Å². The van der Waals surface area contributed by atoms with E-state index in [1.54, 1.807) is 12.4 Å². The highest BCUT2D eigenvalue weighted by molar-refractivity contribution is 5.56. The van der Waals surface area contributed by atoms with Crippen LogP contribution >= 0.6 is 0 Å². The third-order valence-corrected chi connectivity index (χ3v) is 8.83. The topological polar surface area (TPSA) is 35.0 Å². The van der Waals surface area contributed by atoms with Crippen molar-refractivity contribution in [1.82, 2.24) is 9.97 Å². The normalized spacial score (nSPS) is 23.7. The molecular weight excluding hydrogens is 428 g/mol. The molecule has 0 aliphatic heterocycles. The smallest absolute Gasteiger partial charge is 0.159 e. The van der Waals surface area contributed by atoms with Crippen LogP contribution in [0, 0.1) is 5.41 Å². The van der Waals surface area contributed by atoms with Crippen LogP contribution in [-0.4, -0.2) is 16.6 Å². The SMILES string of the molecule is CCCCC=CCOc1cnc(-c2ccc(C34CCC(CCCCCCC)(CC3)CC4)cc2)nc1. The van der Waals surface area contributed by atoms with E-state index in [0.717, 1.165) is 23.6 Å². The first-order valence-electron chi connectivity index (χ1n) is 14.4. The molecule has 0 amide bonds. The lowest BCUT2D eigenvalue weighted by atomic mass is 9.51. The van der Waals surface area contributed by atoms with Gasteiger partial charge in [-0.25, -0.2) is 9.97 Å². The Kier molecular flexibility index (Phi) is 9.40. The Labute approximate surface area is 213 Å². The van der Waals surface area contributed by atoms with E-state index >= 15 is 0 Å². The second kappa shape index (κ2) is 12.7. The third-order valence-electron chi connectivity index (χ3n) is 8.83. The van der Waals surface area contributed by atoms with E-state index < -0.39 is 0 Å². The van der Waals surface area contributed by atoms with E-state index in [-0.39, 0.29) is 0 Å². The van der Waals surface area contributed by atoms with Crippen LogP contribution in [0.2, 0.25) is 0 Å². The third kappa shape index (κ3) is 6.74. The molecule has 1 aromatic carbocycles. The molecule has 3 nitrogen and oxygen atoms in total. The Morgan fingerprint density at radius 3 is 2.09 bits per heavy atom. The molecule has 0 spiro atoms. The van der Waals surface area contributed by atoms with E-state index in [1.807, 2.05) is 0 Å². The summed E-state index contributed by atoms with van der Waals surface area (Å²) in [6.45, 7) is 5.09. The number of ether oxygens (including phenoxy) is 1. The molecule has 3 saturated carbocycles. The summed E-state index contributed by atoms with van der Waals surface area (Å²) in [6, 6.07) is 9.15. The summed E-state index contributed by atoms with van der Waals surface area (Å²) in [4.78, 5) is 9.12. The number of rotatable bonds is 14. The van der Waals surface area contributed by atoms with Crippen LogP contribution in [0.4, 0.5) is 0 Å². The van der Waals surface area contributed by atoms with Gasteiger partial charge >= 0.3 is 0 Å². The Balaban J connectivity index is 1.28. The van der Waals surface area contributed by atoms with Gasteiger partial charge in [0.25, 0.3) is 0 Å². The van der Waals surface area contributed by atoms with E-state index in [4.69, 9.17) is 4.74 Å². The number of fused-ring (bicyclic) bond motifs is 3. The van der Waals surface area contributed by atoms with Crippen molar-refractivity contribution in [3.8, 4) is 17.1 Å². The number of allylic oxidation sites excluding steroid dienone is 1. The predicted molar refractivity (Wildman–Crippen MR) is 147 cm³/mol.